The van der Waals surface area contributed by atoms with Crippen LogP contribution in [0, 0.1) is 6.92 Å². The van der Waals surface area contributed by atoms with Gasteiger partial charge in [0.1, 0.15) is 0 Å². The van der Waals surface area contributed by atoms with Gasteiger partial charge in [-0.05, 0) is 32.4 Å². The van der Waals surface area contributed by atoms with E-state index in [9.17, 15) is 0 Å². The second-order valence-electron chi connectivity index (χ2n) is 5.82. The minimum absolute atomic E-state index is 0.343. The number of nitrogens with one attached hydrogen (secondary N) is 1. The minimum Gasteiger partial charge on any atom is -0.478 e. The molecule has 0 unspecified atom stereocenters. The predicted molar refractivity (Wildman–Crippen MR) is 90.4 cm³/mol. The standard InChI is InChI=1S/C16H27N3OS/c1-4-10-20-14-11-13(2)18-15(19-14)17-12-16(21-3)8-6-5-7-9-16/h11H,4-10,12H2,1-3H3,(H,17,18,19). The van der Waals surface area contributed by atoms with Crippen molar-refractivity contribution in [3.63, 3.8) is 0 Å². The normalized spacial score (nSPS) is 17.5. The molecule has 1 aromatic heterocycles. The van der Waals surface area contributed by atoms with Gasteiger partial charge >= 0.3 is 0 Å². The molecule has 1 aromatic rings. The summed E-state index contributed by atoms with van der Waals surface area (Å²) in [5.41, 5.74) is 0.945. The maximum Gasteiger partial charge on any atom is 0.226 e. The molecule has 0 saturated heterocycles. The Balaban J connectivity index is 1.99. The summed E-state index contributed by atoms with van der Waals surface area (Å²) in [6, 6.07) is 1.89. The molecule has 1 fully saturated rings. The van der Waals surface area contributed by atoms with Gasteiger partial charge in [-0.1, -0.05) is 26.2 Å². The summed E-state index contributed by atoms with van der Waals surface area (Å²) in [6.07, 6.45) is 9.82. The Morgan fingerprint density at radius 1 is 1.29 bits per heavy atom. The summed E-state index contributed by atoms with van der Waals surface area (Å²) in [6.45, 7) is 5.71. The molecule has 5 heteroatoms. The van der Waals surface area contributed by atoms with E-state index in [2.05, 4.69) is 28.5 Å². The first-order valence-corrected chi connectivity index (χ1v) is 9.17. The highest BCUT2D eigenvalue weighted by atomic mass is 32.2. The molecule has 0 radical (unpaired) electrons. The van der Waals surface area contributed by atoms with E-state index in [1.807, 2.05) is 24.8 Å². The van der Waals surface area contributed by atoms with Gasteiger partial charge in [-0.15, -0.1) is 0 Å². The SMILES string of the molecule is CCCOc1cc(C)nc(NCC2(SC)CCCCC2)n1. The number of aromatic nitrogens is 2. The Hall–Kier alpha value is -0.970. The number of nitrogens with zero attached hydrogens (tertiary/aromatic N) is 2. The Bertz CT molecular complexity index is 447. The number of hydrogen-bond donors (Lipinski definition) is 1. The number of rotatable bonds is 7. The molecule has 1 aliphatic carbocycles. The second kappa shape index (κ2) is 7.87. The van der Waals surface area contributed by atoms with Crippen LogP contribution in [-0.2, 0) is 0 Å². The van der Waals surface area contributed by atoms with E-state index in [4.69, 9.17) is 4.74 Å². The van der Waals surface area contributed by atoms with Gasteiger partial charge < -0.3 is 10.1 Å². The number of hydrogen-bond acceptors (Lipinski definition) is 5. The number of ether oxygens (including phenoxy) is 1. The van der Waals surface area contributed by atoms with Crippen LogP contribution in [0.1, 0.15) is 51.1 Å². The third-order valence-electron chi connectivity index (χ3n) is 4.05. The number of aryl methyl sites for hydroxylation is 1. The van der Waals surface area contributed by atoms with Gasteiger partial charge in [0, 0.05) is 23.1 Å². The highest BCUT2D eigenvalue weighted by Gasteiger charge is 2.31. The minimum atomic E-state index is 0.343. The van der Waals surface area contributed by atoms with E-state index < -0.39 is 0 Å². The average molecular weight is 309 g/mol. The fourth-order valence-electron chi connectivity index (χ4n) is 2.79. The first-order valence-electron chi connectivity index (χ1n) is 7.95. The van der Waals surface area contributed by atoms with Crippen molar-refractivity contribution in [1.82, 2.24) is 9.97 Å². The van der Waals surface area contributed by atoms with Crippen molar-refractivity contribution in [3.05, 3.63) is 11.8 Å². The van der Waals surface area contributed by atoms with Gasteiger partial charge in [-0.25, -0.2) is 4.98 Å². The van der Waals surface area contributed by atoms with Crippen LogP contribution in [0.15, 0.2) is 6.07 Å². The summed E-state index contributed by atoms with van der Waals surface area (Å²) in [5.74, 6) is 1.37. The van der Waals surface area contributed by atoms with Crippen molar-refractivity contribution < 1.29 is 4.74 Å². The first-order chi connectivity index (χ1) is 10.2. The lowest BCUT2D eigenvalue weighted by atomic mass is 9.88. The van der Waals surface area contributed by atoms with Crippen LogP contribution in [0.25, 0.3) is 0 Å². The van der Waals surface area contributed by atoms with Crippen molar-refractivity contribution in [1.29, 1.82) is 0 Å². The molecule has 118 valence electrons. The van der Waals surface area contributed by atoms with E-state index >= 15 is 0 Å². The molecular weight excluding hydrogens is 282 g/mol. The first kappa shape index (κ1) is 16.4. The van der Waals surface area contributed by atoms with E-state index in [0.717, 1.165) is 18.7 Å². The molecule has 0 aromatic carbocycles. The quantitative estimate of drug-likeness (QED) is 0.823. The van der Waals surface area contributed by atoms with Gasteiger partial charge in [-0.3, -0.25) is 0 Å². The monoisotopic (exact) mass is 309 g/mol. The van der Waals surface area contributed by atoms with Gasteiger partial charge in [0.25, 0.3) is 0 Å². The molecule has 21 heavy (non-hydrogen) atoms. The maximum atomic E-state index is 5.62. The van der Waals surface area contributed by atoms with Crippen LogP contribution < -0.4 is 10.1 Å². The zero-order chi connectivity index (χ0) is 15.1. The summed E-state index contributed by atoms with van der Waals surface area (Å²) in [5, 5.41) is 3.44. The zero-order valence-electron chi connectivity index (χ0n) is 13.4. The molecule has 0 aliphatic heterocycles. The molecule has 1 heterocycles. The summed E-state index contributed by atoms with van der Waals surface area (Å²) < 4.78 is 5.97. The van der Waals surface area contributed by atoms with Crippen LogP contribution in [0.5, 0.6) is 5.88 Å². The van der Waals surface area contributed by atoms with Gasteiger partial charge in [-0.2, -0.15) is 16.7 Å². The van der Waals surface area contributed by atoms with Crippen molar-refractivity contribution >= 4 is 17.7 Å². The highest BCUT2D eigenvalue weighted by Crippen LogP contribution is 2.38. The van der Waals surface area contributed by atoms with E-state index in [1.54, 1.807) is 0 Å². The fraction of sp³-hybridized carbons (Fsp3) is 0.750. The van der Waals surface area contributed by atoms with Gasteiger partial charge in [0.2, 0.25) is 11.8 Å². The third kappa shape index (κ3) is 4.77. The predicted octanol–water partition coefficient (Wildman–Crippen LogP) is 4.05. The molecule has 1 saturated carbocycles. The van der Waals surface area contributed by atoms with Crippen LogP contribution in [0.2, 0.25) is 0 Å². The van der Waals surface area contributed by atoms with Crippen LogP contribution in [0.3, 0.4) is 0 Å². The van der Waals surface area contributed by atoms with E-state index in [0.29, 0.717) is 23.2 Å². The lowest BCUT2D eigenvalue weighted by Gasteiger charge is -2.35. The van der Waals surface area contributed by atoms with Crippen molar-refractivity contribution in [2.75, 3.05) is 24.7 Å². The summed E-state index contributed by atoms with van der Waals surface area (Å²) in [7, 11) is 0. The molecule has 0 amide bonds. The molecule has 2 rings (SSSR count). The van der Waals surface area contributed by atoms with Crippen LogP contribution in [-0.4, -0.2) is 34.1 Å². The highest BCUT2D eigenvalue weighted by molar-refractivity contribution is 8.00. The Morgan fingerprint density at radius 2 is 2.05 bits per heavy atom. The Labute approximate surface area is 132 Å². The zero-order valence-corrected chi connectivity index (χ0v) is 14.3. The second-order valence-corrected chi connectivity index (χ2v) is 7.10. The molecule has 1 N–H and O–H groups in total. The molecular formula is C16H27N3OS. The molecule has 4 nitrogen and oxygen atoms in total. The number of anilines is 1. The van der Waals surface area contributed by atoms with Gasteiger partial charge in [0.15, 0.2) is 0 Å². The van der Waals surface area contributed by atoms with Gasteiger partial charge in [0.05, 0.1) is 6.61 Å². The van der Waals surface area contributed by atoms with Crippen LogP contribution >= 0.6 is 11.8 Å². The van der Waals surface area contributed by atoms with Crippen molar-refractivity contribution in [2.45, 2.75) is 57.1 Å². The topological polar surface area (TPSA) is 47.0 Å². The molecule has 0 atom stereocenters. The smallest absolute Gasteiger partial charge is 0.226 e. The Kier molecular flexibility index (Phi) is 6.15. The number of thioether (sulfide) groups is 1. The van der Waals surface area contributed by atoms with Crippen LogP contribution in [0.4, 0.5) is 5.95 Å². The third-order valence-corrected chi connectivity index (χ3v) is 5.47. The largest absolute Gasteiger partial charge is 0.478 e. The lowest BCUT2D eigenvalue weighted by Crippen LogP contribution is -2.36. The van der Waals surface area contributed by atoms with E-state index in [-0.39, 0.29) is 0 Å². The van der Waals surface area contributed by atoms with E-state index in [1.165, 1.54) is 32.1 Å². The van der Waals surface area contributed by atoms with Crippen molar-refractivity contribution in [2.24, 2.45) is 0 Å². The molecule has 0 bridgehead atoms. The average Bonchev–Trinajstić information content (AvgIpc) is 2.51. The maximum absolute atomic E-state index is 5.62. The fourth-order valence-corrected chi connectivity index (χ4v) is 3.70. The molecule has 0 spiro atoms. The summed E-state index contributed by atoms with van der Waals surface area (Å²) >= 11 is 1.99. The molecule has 1 aliphatic rings. The summed E-state index contributed by atoms with van der Waals surface area (Å²) in [4.78, 5) is 8.95. The Morgan fingerprint density at radius 3 is 2.71 bits per heavy atom. The lowest BCUT2D eigenvalue weighted by molar-refractivity contribution is 0.304. The van der Waals surface area contributed by atoms with Crippen molar-refractivity contribution in [3.8, 4) is 5.88 Å².